The van der Waals surface area contributed by atoms with Crippen LogP contribution in [0.3, 0.4) is 0 Å². The molecular formula is C36H41FN6O6. The number of allylic oxidation sites excluding steroid dienone is 1. The van der Waals surface area contributed by atoms with Gasteiger partial charge in [-0.1, -0.05) is 6.08 Å². The maximum absolute atomic E-state index is 15.3. The average Bonchev–Trinajstić information content (AvgIpc) is 3.91. The number of benzene rings is 2. The lowest BCUT2D eigenvalue weighted by molar-refractivity contribution is -0.134. The van der Waals surface area contributed by atoms with Crippen molar-refractivity contribution in [3.8, 4) is 23.0 Å². The van der Waals surface area contributed by atoms with Gasteiger partial charge < -0.3 is 35.1 Å². The topological polar surface area (TPSA) is 134 Å². The largest absolute Gasteiger partial charge is 0.493 e. The summed E-state index contributed by atoms with van der Waals surface area (Å²) < 4.78 is 33.2. The number of fused-ring (bicyclic) bond motifs is 1. The van der Waals surface area contributed by atoms with Gasteiger partial charge in [-0.3, -0.25) is 24.3 Å². The smallest absolute Gasteiger partial charge is 0.240 e. The van der Waals surface area contributed by atoms with E-state index in [0.29, 0.717) is 65.8 Å². The number of methoxy groups -OCH3 is 1. The summed E-state index contributed by atoms with van der Waals surface area (Å²) in [6.07, 6.45) is 9.75. The second-order valence-corrected chi connectivity index (χ2v) is 12.7. The van der Waals surface area contributed by atoms with Gasteiger partial charge in [0.1, 0.15) is 11.2 Å². The predicted molar refractivity (Wildman–Crippen MR) is 182 cm³/mol. The van der Waals surface area contributed by atoms with Gasteiger partial charge in [-0.25, -0.2) is 4.39 Å². The number of hydrogen-bond donors (Lipinski definition) is 3. The lowest BCUT2D eigenvalue weighted by Crippen LogP contribution is -2.41. The molecule has 3 aliphatic rings. The van der Waals surface area contributed by atoms with Crippen molar-refractivity contribution in [2.45, 2.75) is 25.7 Å². The Hall–Kier alpha value is -5.17. The molecular weight excluding hydrogens is 631 g/mol. The number of carbonyl (C=O) groups excluding carboxylic acids is 3. The van der Waals surface area contributed by atoms with Gasteiger partial charge >= 0.3 is 0 Å². The molecule has 1 aromatic heterocycles. The summed E-state index contributed by atoms with van der Waals surface area (Å²) in [4.78, 5) is 46.4. The first-order valence-corrected chi connectivity index (χ1v) is 16.4. The fraction of sp³-hybridized carbons (Fsp3) is 0.389. The number of pyridine rings is 1. The van der Waals surface area contributed by atoms with Crippen LogP contribution in [0.15, 0.2) is 66.6 Å². The van der Waals surface area contributed by atoms with E-state index in [-0.39, 0.29) is 23.3 Å². The van der Waals surface area contributed by atoms with Gasteiger partial charge in [0.15, 0.2) is 23.1 Å². The van der Waals surface area contributed by atoms with Gasteiger partial charge in [0, 0.05) is 56.2 Å². The first-order chi connectivity index (χ1) is 23.7. The third-order valence-electron chi connectivity index (χ3n) is 9.15. The third kappa shape index (κ3) is 7.78. The Morgan fingerprint density at radius 2 is 1.78 bits per heavy atom. The molecule has 0 atom stereocenters. The van der Waals surface area contributed by atoms with Crippen LogP contribution in [-0.4, -0.2) is 86.5 Å². The first-order valence-electron chi connectivity index (χ1n) is 16.4. The quantitative estimate of drug-likeness (QED) is 0.242. The molecule has 0 unspecified atom stereocenters. The summed E-state index contributed by atoms with van der Waals surface area (Å²) in [5, 5.41) is 8.79. The summed E-state index contributed by atoms with van der Waals surface area (Å²) in [5.41, 5.74) is 0.213. The number of likely N-dealkylation sites (tertiary alicyclic amines) is 1. The van der Waals surface area contributed by atoms with Gasteiger partial charge in [-0.2, -0.15) is 0 Å². The summed E-state index contributed by atoms with van der Waals surface area (Å²) in [7, 11) is 5.08. The first kappa shape index (κ1) is 33.7. The number of likely N-dealkylation sites (N-methyl/N-ethyl adjacent to an activating group) is 2. The molecule has 1 saturated heterocycles. The fourth-order valence-electron chi connectivity index (χ4n) is 6.01. The number of piperidine rings is 1. The number of hydrogen-bond acceptors (Lipinski definition) is 9. The summed E-state index contributed by atoms with van der Waals surface area (Å²) in [6, 6.07) is 9.29. The Labute approximate surface area is 284 Å². The van der Waals surface area contributed by atoms with Gasteiger partial charge in [0.25, 0.3) is 0 Å². The molecule has 3 amide bonds. The van der Waals surface area contributed by atoms with E-state index in [1.165, 1.54) is 18.2 Å². The van der Waals surface area contributed by atoms with Crippen LogP contribution < -0.4 is 30.2 Å². The maximum atomic E-state index is 15.3. The van der Waals surface area contributed by atoms with Crippen LogP contribution in [0, 0.1) is 17.2 Å². The molecule has 49 heavy (non-hydrogen) atoms. The Balaban J connectivity index is 1.09. The molecule has 12 nitrogen and oxygen atoms in total. The lowest BCUT2D eigenvalue weighted by Gasteiger charge is -2.31. The summed E-state index contributed by atoms with van der Waals surface area (Å²) in [5.74, 6) is 0.136. The van der Waals surface area contributed by atoms with E-state index in [1.807, 2.05) is 18.0 Å². The van der Waals surface area contributed by atoms with Crippen LogP contribution >= 0.6 is 0 Å². The Kier molecular flexibility index (Phi) is 10.00. The van der Waals surface area contributed by atoms with E-state index in [0.717, 1.165) is 32.5 Å². The highest BCUT2D eigenvalue weighted by atomic mass is 19.1. The predicted octanol–water partition coefficient (Wildman–Crippen LogP) is 4.19. The van der Waals surface area contributed by atoms with Crippen molar-refractivity contribution in [2.24, 2.45) is 11.3 Å². The van der Waals surface area contributed by atoms with Crippen LogP contribution in [0.1, 0.15) is 25.7 Å². The van der Waals surface area contributed by atoms with Gasteiger partial charge in [0.2, 0.25) is 17.7 Å². The molecule has 3 N–H and O–H groups in total. The second-order valence-electron chi connectivity index (χ2n) is 12.7. The van der Waals surface area contributed by atoms with Crippen LogP contribution in [-0.2, 0) is 14.4 Å². The van der Waals surface area contributed by atoms with E-state index in [9.17, 15) is 14.4 Å². The van der Waals surface area contributed by atoms with Crippen molar-refractivity contribution in [1.29, 1.82) is 0 Å². The number of ether oxygens (including phenoxy) is 3. The maximum Gasteiger partial charge on any atom is 0.240 e. The third-order valence-corrected chi connectivity index (χ3v) is 9.15. The summed E-state index contributed by atoms with van der Waals surface area (Å²) in [6.45, 7) is 3.30. The highest BCUT2D eigenvalue weighted by molar-refractivity contribution is 6.13. The zero-order valence-corrected chi connectivity index (χ0v) is 27.9. The minimum atomic E-state index is -1.20. The number of rotatable bonds is 12. The Morgan fingerprint density at radius 3 is 2.47 bits per heavy atom. The number of nitrogens with one attached hydrogen (secondary N) is 3. The second kappa shape index (κ2) is 14.5. The molecule has 0 radical (unpaired) electrons. The minimum absolute atomic E-state index is 0.0127. The van der Waals surface area contributed by atoms with Crippen molar-refractivity contribution >= 4 is 34.3 Å². The van der Waals surface area contributed by atoms with Crippen molar-refractivity contribution < 1.29 is 33.0 Å². The zero-order valence-electron chi connectivity index (χ0n) is 27.9. The molecule has 3 heterocycles. The molecule has 0 spiro atoms. The fourth-order valence-corrected chi connectivity index (χ4v) is 6.01. The lowest BCUT2D eigenvalue weighted by atomic mass is 9.98. The summed E-state index contributed by atoms with van der Waals surface area (Å²) >= 11 is 0. The monoisotopic (exact) mass is 672 g/mol. The molecule has 0 bridgehead atoms. The Morgan fingerprint density at radius 1 is 1.00 bits per heavy atom. The van der Waals surface area contributed by atoms with Crippen molar-refractivity contribution in [3.05, 3.63) is 72.5 Å². The molecule has 2 aromatic carbocycles. The minimum Gasteiger partial charge on any atom is -0.493 e. The average molecular weight is 673 g/mol. The highest BCUT2D eigenvalue weighted by Crippen LogP contribution is 2.47. The van der Waals surface area contributed by atoms with E-state index >= 15 is 4.39 Å². The highest BCUT2D eigenvalue weighted by Gasteiger charge is 2.56. The van der Waals surface area contributed by atoms with Gasteiger partial charge in [-0.05, 0) is 75.0 Å². The van der Waals surface area contributed by atoms with E-state index < -0.39 is 17.1 Å². The number of aromatic nitrogens is 1. The number of carbonyl (C=O) groups is 3. The van der Waals surface area contributed by atoms with E-state index in [4.69, 9.17) is 14.2 Å². The Bertz CT molecular complexity index is 1800. The molecule has 6 rings (SSSR count). The SMILES string of the molecule is CNC(=O)CN1CCC(COc2cc3nccc(Oc4ccc(NC(=O)C5(C(=O)NC6=CN(C)CC=C6)CC5)cc4F)c3cc2OC)CC1. The number of amides is 3. The van der Waals surface area contributed by atoms with Crippen LogP contribution in [0.5, 0.6) is 23.0 Å². The van der Waals surface area contributed by atoms with Crippen molar-refractivity contribution in [3.63, 3.8) is 0 Å². The normalized spacial score (nSPS) is 17.2. The van der Waals surface area contributed by atoms with Gasteiger partial charge in [-0.15, -0.1) is 0 Å². The molecule has 258 valence electrons. The molecule has 3 aromatic rings. The van der Waals surface area contributed by atoms with Gasteiger partial charge in [0.05, 0.1) is 31.5 Å². The van der Waals surface area contributed by atoms with Crippen LogP contribution in [0.25, 0.3) is 10.9 Å². The number of halogens is 1. The van der Waals surface area contributed by atoms with Crippen LogP contribution in [0.4, 0.5) is 10.1 Å². The molecule has 1 aliphatic carbocycles. The molecule has 1 saturated carbocycles. The molecule has 13 heteroatoms. The van der Waals surface area contributed by atoms with Crippen molar-refractivity contribution in [1.82, 2.24) is 25.4 Å². The number of anilines is 1. The standard InChI is InChI=1S/C36H41FN6O6/c1-38-33(44)21-43-15-9-23(10-16-43)22-48-32-19-28-26(18-31(32)47-3)29(8-13-39-28)49-30-7-6-24(17-27(30)37)40-34(45)36(11-12-36)35(46)41-25-5-4-14-42(2)20-25/h4-8,13,17-20,23H,9-12,14-16,21-22H2,1-3H3,(H,38,44)(H,40,45)(H,41,46). The van der Waals surface area contributed by atoms with E-state index in [2.05, 4.69) is 25.8 Å². The van der Waals surface area contributed by atoms with Crippen LogP contribution in [0.2, 0.25) is 0 Å². The zero-order chi connectivity index (χ0) is 34.5. The van der Waals surface area contributed by atoms with Crippen molar-refractivity contribution in [2.75, 3.05) is 59.3 Å². The van der Waals surface area contributed by atoms with E-state index in [1.54, 1.807) is 50.8 Å². The molecule has 2 aliphatic heterocycles. The molecule has 2 fully saturated rings. The number of nitrogens with zero attached hydrogens (tertiary/aromatic N) is 3.